The summed E-state index contributed by atoms with van der Waals surface area (Å²) in [6, 6.07) is 18.3. The molecule has 0 aliphatic rings. The van der Waals surface area contributed by atoms with Crippen LogP contribution in [0.15, 0.2) is 67.3 Å². The summed E-state index contributed by atoms with van der Waals surface area (Å²) >= 11 is 0. The molecule has 0 amide bonds. The highest BCUT2D eigenvalue weighted by atomic mass is 16.5. The summed E-state index contributed by atoms with van der Waals surface area (Å²) in [6.45, 7) is 6.35. The van der Waals surface area contributed by atoms with Crippen LogP contribution in [0.25, 0.3) is 11.1 Å². The summed E-state index contributed by atoms with van der Waals surface area (Å²) in [5.74, 6) is 0.761. The Balaban J connectivity index is 1.85. The molecule has 2 aromatic carbocycles. The zero-order chi connectivity index (χ0) is 18.6. The van der Waals surface area contributed by atoms with Crippen molar-refractivity contribution in [3.05, 3.63) is 67.3 Å². The van der Waals surface area contributed by atoms with Crippen molar-refractivity contribution in [1.82, 2.24) is 14.8 Å². The monoisotopic (exact) mass is 351 g/mol. The van der Waals surface area contributed by atoms with Gasteiger partial charge in [-0.1, -0.05) is 63.2 Å². The number of hydrogen-bond donors (Lipinski definition) is 0. The molecular formula is C21H25N3O2. The first-order valence-corrected chi connectivity index (χ1v) is 8.68. The lowest BCUT2D eigenvalue weighted by atomic mass is 9.88. The Morgan fingerprint density at radius 1 is 0.923 bits per heavy atom. The minimum Gasteiger partial charge on any atom is -0.466 e. The van der Waals surface area contributed by atoms with E-state index in [0.29, 0.717) is 0 Å². The second-order valence-electron chi connectivity index (χ2n) is 7.30. The van der Waals surface area contributed by atoms with Gasteiger partial charge in [0.25, 0.3) is 0 Å². The largest absolute Gasteiger partial charge is 0.466 e. The molecule has 0 saturated carbocycles. The van der Waals surface area contributed by atoms with Crippen LogP contribution < -0.4 is 4.74 Å². The molecule has 3 rings (SSSR count). The predicted octanol–water partition coefficient (Wildman–Crippen LogP) is 4.58. The van der Waals surface area contributed by atoms with Crippen molar-refractivity contribution in [1.29, 1.82) is 0 Å². The van der Waals surface area contributed by atoms with Gasteiger partial charge >= 0.3 is 0 Å². The van der Waals surface area contributed by atoms with Gasteiger partial charge in [0.05, 0.1) is 0 Å². The number of aromatic nitrogens is 3. The average Bonchev–Trinajstić information content (AvgIpc) is 3.16. The molecular weight excluding hydrogens is 326 g/mol. The third kappa shape index (κ3) is 4.11. The van der Waals surface area contributed by atoms with Crippen LogP contribution in [0.5, 0.6) is 5.75 Å². The summed E-state index contributed by atoms with van der Waals surface area (Å²) in [5, 5.41) is 4.26. The van der Waals surface area contributed by atoms with Crippen molar-refractivity contribution >= 4 is 0 Å². The van der Waals surface area contributed by atoms with Gasteiger partial charge < -0.3 is 9.47 Å². The van der Waals surface area contributed by atoms with Gasteiger partial charge in [0.2, 0.25) is 6.23 Å². The first-order valence-electron chi connectivity index (χ1n) is 8.68. The summed E-state index contributed by atoms with van der Waals surface area (Å²) in [7, 11) is 1.70. The summed E-state index contributed by atoms with van der Waals surface area (Å²) in [4.78, 5) is 4.05. The third-order valence-corrected chi connectivity index (χ3v) is 4.28. The molecule has 0 bridgehead atoms. The molecule has 2 atom stereocenters. The number of ether oxygens (including phenoxy) is 2. The second-order valence-corrected chi connectivity index (χ2v) is 7.30. The Morgan fingerprint density at radius 2 is 1.58 bits per heavy atom. The van der Waals surface area contributed by atoms with Crippen LogP contribution in [-0.4, -0.2) is 28.0 Å². The molecule has 0 N–H and O–H groups in total. The number of nitrogens with zero attached hydrogens (tertiary/aromatic N) is 3. The van der Waals surface area contributed by atoms with E-state index >= 15 is 0 Å². The van der Waals surface area contributed by atoms with Crippen LogP contribution in [0.2, 0.25) is 0 Å². The van der Waals surface area contributed by atoms with Gasteiger partial charge in [0.15, 0.2) is 0 Å². The standard InChI is InChI=1S/C21H25N3O2/c1-21(2,3)19(25-4)20(24-15-22-14-23-24)26-18-12-10-17(11-13-18)16-8-6-5-7-9-16/h5-15,19-20H,1-4H3. The van der Waals surface area contributed by atoms with Crippen LogP contribution >= 0.6 is 0 Å². The van der Waals surface area contributed by atoms with Crippen molar-refractivity contribution in [2.75, 3.05) is 7.11 Å². The van der Waals surface area contributed by atoms with E-state index in [4.69, 9.17) is 9.47 Å². The Labute approximate surface area is 154 Å². The van der Waals surface area contributed by atoms with E-state index in [0.717, 1.165) is 11.3 Å². The second kappa shape index (κ2) is 7.70. The van der Waals surface area contributed by atoms with Crippen molar-refractivity contribution in [2.24, 2.45) is 5.41 Å². The Hall–Kier alpha value is -2.66. The molecule has 1 heterocycles. The SMILES string of the molecule is COC(C(Oc1ccc(-c2ccccc2)cc1)n1cncn1)C(C)(C)C. The van der Waals surface area contributed by atoms with E-state index in [-0.39, 0.29) is 11.5 Å². The van der Waals surface area contributed by atoms with Crippen LogP contribution in [0.3, 0.4) is 0 Å². The minimum absolute atomic E-state index is 0.130. The first-order chi connectivity index (χ1) is 12.5. The average molecular weight is 351 g/mol. The van der Waals surface area contributed by atoms with Gasteiger partial charge in [-0.15, -0.1) is 0 Å². The molecule has 0 aliphatic heterocycles. The first kappa shape index (κ1) is 18.1. The Bertz CT molecular complexity index is 794. The molecule has 5 nitrogen and oxygen atoms in total. The quantitative estimate of drug-likeness (QED) is 0.652. The Kier molecular flexibility index (Phi) is 5.38. The molecule has 0 saturated heterocycles. The molecule has 0 fully saturated rings. The van der Waals surface area contributed by atoms with E-state index in [1.165, 1.54) is 11.9 Å². The van der Waals surface area contributed by atoms with Crippen molar-refractivity contribution in [2.45, 2.75) is 33.1 Å². The van der Waals surface area contributed by atoms with Gasteiger partial charge in [-0.25, -0.2) is 9.67 Å². The lowest BCUT2D eigenvalue weighted by molar-refractivity contribution is -0.0958. The number of hydrogen-bond acceptors (Lipinski definition) is 4. The zero-order valence-electron chi connectivity index (χ0n) is 15.7. The number of rotatable bonds is 6. The summed E-state index contributed by atoms with van der Waals surface area (Å²) < 4.78 is 13.7. The summed E-state index contributed by atoms with van der Waals surface area (Å²) in [5.41, 5.74) is 2.20. The minimum atomic E-state index is -0.412. The maximum absolute atomic E-state index is 6.26. The highest BCUT2D eigenvalue weighted by Gasteiger charge is 2.36. The fourth-order valence-electron chi connectivity index (χ4n) is 3.00. The van der Waals surface area contributed by atoms with E-state index in [1.54, 1.807) is 18.1 Å². The van der Waals surface area contributed by atoms with E-state index in [2.05, 4.69) is 55.1 Å². The molecule has 3 aromatic rings. The van der Waals surface area contributed by atoms with Gasteiger partial charge in [-0.3, -0.25) is 0 Å². The smallest absolute Gasteiger partial charge is 0.219 e. The molecule has 26 heavy (non-hydrogen) atoms. The van der Waals surface area contributed by atoms with E-state index < -0.39 is 6.23 Å². The van der Waals surface area contributed by atoms with Crippen LogP contribution in [0.1, 0.15) is 27.0 Å². The molecule has 5 heteroatoms. The van der Waals surface area contributed by atoms with Crippen molar-refractivity contribution in [3.63, 3.8) is 0 Å². The van der Waals surface area contributed by atoms with E-state index in [9.17, 15) is 0 Å². The lowest BCUT2D eigenvalue weighted by Gasteiger charge is -2.35. The van der Waals surface area contributed by atoms with Gasteiger partial charge in [-0.05, 0) is 28.7 Å². The molecule has 1 aromatic heterocycles. The molecule has 2 unspecified atom stereocenters. The maximum atomic E-state index is 6.26. The van der Waals surface area contributed by atoms with Gasteiger partial charge in [0, 0.05) is 7.11 Å². The normalized spacial score (nSPS) is 14.0. The Morgan fingerprint density at radius 3 is 2.12 bits per heavy atom. The summed E-state index contributed by atoms with van der Waals surface area (Å²) in [6.07, 6.45) is 2.55. The molecule has 0 aliphatic carbocycles. The zero-order valence-corrected chi connectivity index (χ0v) is 15.7. The van der Waals surface area contributed by atoms with Crippen molar-refractivity contribution in [3.8, 4) is 16.9 Å². The van der Waals surface area contributed by atoms with Gasteiger partial charge in [0.1, 0.15) is 24.5 Å². The topological polar surface area (TPSA) is 49.2 Å². The van der Waals surface area contributed by atoms with E-state index in [1.807, 2.05) is 30.3 Å². The fourth-order valence-corrected chi connectivity index (χ4v) is 3.00. The number of benzene rings is 2. The number of methoxy groups -OCH3 is 1. The predicted molar refractivity (Wildman–Crippen MR) is 102 cm³/mol. The highest BCUT2D eigenvalue weighted by molar-refractivity contribution is 5.63. The van der Waals surface area contributed by atoms with Crippen LogP contribution in [0, 0.1) is 5.41 Å². The maximum Gasteiger partial charge on any atom is 0.219 e. The van der Waals surface area contributed by atoms with Gasteiger partial charge in [-0.2, -0.15) is 5.10 Å². The fraction of sp³-hybridized carbons (Fsp3) is 0.333. The molecule has 0 spiro atoms. The van der Waals surface area contributed by atoms with Crippen LogP contribution in [0.4, 0.5) is 0 Å². The third-order valence-electron chi connectivity index (χ3n) is 4.28. The molecule has 0 radical (unpaired) electrons. The van der Waals surface area contributed by atoms with Crippen LogP contribution in [-0.2, 0) is 4.74 Å². The lowest BCUT2D eigenvalue weighted by Crippen LogP contribution is -2.40. The highest BCUT2D eigenvalue weighted by Crippen LogP contribution is 2.33. The van der Waals surface area contributed by atoms with Crippen molar-refractivity contribution < 1.29 is 9.47 Å². The molecule has 136 valence electrons.